The molecule has 4 atom stereocenters. The third-order valence-electron chi connectivity index (χ3n) is 8.68. The molecule has 23 heteroatoms. The number of halogens is 2. The molecule has 0 aromatic heterocycles. The average molecular weight is 1060 g/mol. The standard InChI is InChI=1S/2C20H22N2O2.2ClHO4.2Cu.Ni.2H2O/c2*23-19-11-5-1-7-15(19)13-21-17-9-3-4-10-18(17)22-14-16-8-2-6-12-20(16)24;2*2-1(3,4)5;;;;;/h2*1-2,5-8,11-14,17-18,23-24H,3-4,9-10H2;2*(H,2,3,4,5);;;;2*1H2/q;;;;3*+2;;/p-4/t2*17-,18-;;;;;;;/m00......./s1. The molecular weight excluding hydrogens is 1020 g/mol. The molecule has 2 aliphatic rings. The molecule has 0 aliphatic heterocycles. The molecule has 2 aliphatic carbocycles. The second kappa shape index (κ2) is 33.0. The first-order chi connectivity index (χ1) is 27.5. The van der Waals surface area contributed by atoms with Crippen LogP contribution in [0.5, 0.6) is 23.0 Å². The molecule has 354 valence electrons. The summed E-state index contributed by atoms with van der Waals surface area (Å²) in [6.07, 6.45) is 15.0. The largest absolute Gasteiger partial charge is 2.00 e. The van der Waals surface area contributed by atoms with Gasteiger partial charge in [-0.25, -0.2) is 37.3 Å². The zero-order chi connectivity index (χ0) is 42.6. The molecule has 4 aromatic carbocycles. The summed E-state index contributed by atoms with van der Waals surface area (Å²) in [4.78, 5) is 18.5. The van der Waals surface area contributed by atoms with Crippen molar-refractivity contribution in [1.29, 1.82) is 0 Å². The van der Waals surface area contributed by atoms with Crippen molar-refractivity contribution in [2.45, 2.75) is 75.5 Å². The van der Waals surface area contributed by atoms with Crippen LogP contribution < -0.4 is 57.7 Å². The first-order valence-corrected chi connectivity index (χ1v) is 20.3. The maximum atomic E-state index is 11.8. The Bertz CT molecular complexity index is 1700. The molecule has 2 radical (unpaired) electrons. The van der Waals surface area contributed by atoms with Crippen molar-refractivity contribution in [3.63, 3.8) is 0 Å². The van der Waals surface area contributed by atoms with Crippen LogP contribution in [-0.2, 0) is 61.6 Å². The van der Waals surface area contributed by atoms with Gasteiger partial charge in [-0.05, 0) is 47.9 Å². The summed E-state index contributed by atoms with van der Waals surface area (Å²) in [7, 11) is -9.89. The predicted octanol–water partition coefficient (Wildman–Crippen LogP) is -6.00. The molecule has 4 aromatic rings. The molecule has 0 saturated heterocycles. The Hall–Kier alpha value is -3.53. The molecule has 0 amide bonds. The summed E-state index contributed by atoms with van der Waals surface area (Å²) >= 11 is 0. The topological polar surface area (TPSA) is 392 Å². The molecule has 0 bridgehead atoms. The second-order valence-corrected chi connectivity index (χ2v) is 14.4. The molecule has 0 heterocycles. The first kappa shape index (κ1) is 63.8. The number of rotatable bonds is 8. The van der Waals surface area contributed by atoms with Gasteiger partial charge in [-0.1, -0.05) is 123 Å². The van der Waals surface area contributed by atoms with Crippen LogP contribution in [0.1, 0.15) is 73.6 Å². The number of para-hydroxylation sites is 4. The Labute approximate surface area is 400 Å². The summed E-state index contributed by atoms with van der Waals surface area (Å²) < 4.78 is 67.9. The average Bonchev–Trinajstić information content (AvgIpc) is 3.16. The van der Waals surface area contributed by atoms with Gasteiger partial charge in [0.1, 0.15) is 0 Å². The zero-order valence-electron chi connectivity index (χ0n) is 33.0. The smallest absolute Gasteiger partial charge is 0.872 e. The molecule has 0 unspecified atom stereocenters. The minimum Gasteiger partial charge on any atom is -0.872 e. The third kappa shape index (κ3) is 27.4. The Balaban J connectivity index is -0.000000883. The third-order valence-corrected chi connectivity index (χ3v) is 8.68. The van der Waals surface area contributed by atoms with Gasteiger partial charge in [-0.15, -0.1) is 43.5 Å². The van der Waals surface area contributed by atoms with Crippen LogP contribution in [0.3, 0.4) is 0 Å². The van der Waals surface area contributed by atoms with Gasteiger partial charge in [-0.2, -0.15) is 0 Å². The monoisotopic (exact) mass is 1060 g/mol. The fourth-order valence-electron chi connectivity index (χ4n) is 5.93. The molecule has 6 rings (SSSR count). The maximum absolute atomic E-state index is 11.8. The van der Waals surface area contributed by atoms with E-state index in [0.29, 0.717) is 22.3 Å². The Morgan fingerprint density at radius 3 is 0.683 bits per heavy atom. The molecule has 6 N–H and O–H groups in total. The zero-order valence-corrected chi connectivity index (χ0v) is 37.4. The molecule has 2 saturated carbocycles. The predicted molar refractivity (Wildman–Crippen MR) is 196 cm³/mol. The van der Waals surface area contributed by atoms with Gasteiger partial charge < -0.3 is 31.4 Å². The van der Waals surface area contributed by atoms with E-state index in [1.807, 2.05) is 24.3 Å². The van der Waals surface area contributed by atoms with Crippen LogP contribution in [0.15, 0.2) is 117 Å². The van der Waals surface area contributed by atoms with Gasteiger partial charge in [0, 0.05) is 24.9 Å². The summed E-state index contributed by atoms with van der Waals surface area (Å²) in [5, 5.41) is 47.1. The summed E-state index contributed by atoms with van der Waals surface area (Å²) in [5.74, 6) is -0.0652. The van der Waals surface area contributed by atoms with Gasteiger partial charge in [0.25, 0.3) is 0 Å². The summed E-state index contributed by atoms with van der Waals surface area (Å²) in [6.45, 7) is 0. The normalized spacial score (nSPS) is 18.3. The molecule has 18 nitrogen and oxygen atoms in total. The number of nitrogens with zero attached hydrogens (tertiary/aromatic N) is 4. The van der Waals surface area contributed by atoms with E-state index in [9.17, 15) is 20.4 Å². The summed E-state index contributed by atoms with van der Waals surface area (Å²) in [6, 6.07) is 27.8. The Morgan fingerprint density at radius 2 is 0.524 bits per heavy atom. The van der Waals surface area contributed by atoms with E-state index in [0.717, 1.165) is 51.4 Å². The van der Waals surface area contributed by atoms with E-state index in [1.165, 1.54) is 0 Å². The van der Waals surface area contributed by atoms with Crippen molar-refractivity contribution in [3.8, 4) is 23.0 Å². The van der Waals surface area contributed by atoms with E-state index in [-0.39, 0.29) is 109 Å². The second-order valence-electron chi connectivity index (χ2n) is 12.9. The fraction of sp³-hybridized carbons (Fsp3) is 0.300. The van der Waals surface area contributed by atoms with E-state index >= 15 is 0 Å². The van der Waals surface area contributed by atoms with Gasteiger partial charge in [-0.3, -0.25) is 20.0 Å². The molecule has 63 heavy (non-hydrogen) atoms. The van der Waals surface area contributed by atoms with Crippen LogP contribution in [0.2, 0.25) is 0 Å². The number of hydrogen-bond donors (Lipinski definition) is 0. The van der Waals surface area contributed by atoms with Crippen molar-refractivity contribution in [3.05, 3.63) is 119 Å². The minimum absolute atomic E-state index is 0. The van der Waals surface area contributed by atoms with E-state index in [1.54, 1.807) is 97.7 Å². The summed E-state index contributed by atoms with van der Waals surface area (Å²) in [5.41, 5.74) is 2.43. The number of aliphatic imine (C=N–C) groups is 4. The van der Waals surface area contributed by atoms with Crippen LogP contribution in [0.25, 0.3) is 0 Å². The molecular formula is C40H46Cl2Cu2N4NiO14+2. The first-order valence-electron chi connectivity index (χ1n) is 17.9. The van der Waals surface area contributed by atoms with Crippen molar-refractivity contribution >= 4 is 24.9 Å². The number of hydrogen-bond acceptors (Lipinski definition) is 16. The van der Waals surface area contributed by atoms with Crippen LogP contribution in [-0.4, -0.2) is 49.0 Å². The van der Waals surface area contributed by atoms with Crippen molar-refractivity contribution in [2.24, 2.45) is 20.0 Å². The van der Waals surface area contributed by atoms with Crippen molar-refractivity contribution < 1.29 is 140 Å². The van der Waals surface area contributed by atoms with E-state index in [4.69, 9.17) is 37.3 Å². The van der Waals surface area contributed by atoms with Gasteiger partial charge in [0.15, 0.2) is 0 Å². The maximum Gasteiger partial charge on any atom is 2.00 e. The van der Waals surface area contributed by atoms with Gasteiger partial charge >= 0.3 is 50.6 Å². The molecule has 2 fully saturated rings. The van der Waals surface area contributed by atoms with Gasteiger partial charge in [0.2, 0.25) is 0 Å². The Morgan fingerprint density at radius 1 is 0.365 bits per heavy atom. The van der Waals surface area contributed by atoms with Gasteiger partial charge in [0.05, 0.1) is 24.2 Å². The number of benzene rings is 4. The molecule has 0 spiro atoms. The minimum atomic E-state index is -4.94. The van der Waals surface area contributed by atoms with Crippen LogP contribution in [0.4, 0.5) is 0 Å². The Kier molecular flexibility index (Phi) is 33.4. The van der Waals surface area contributed by atoms with E-state index in [2.05, 4.69) is 20.0 Å². The van der Waals surface area contributed by atoms with Crippen LogP contribution >= 0.6 is 0 Å². The van der Waals surface area contributed by atoms with Crippen molar-refractivity contribution in [2.75, 3.05) is 0 Å². The SMILES string of the molecule is [Cu+2].[Cu+2].[Ni+2].[O-][Cl+3]([O-])([O-])[O-].[O-][Cl+3]([O-])([O-])[O-].[O-]c1ccccc1C=N[C@H]1CCCC[C@@H]1N=Cc1ccccc1[O-].[O-]c1ccccc1C=N[C@H]1CCCC[C@@H]1N=Cc1ccccc1[O-].[OH3+].[OH3+]. The van der Waals surface area contributed by atoms with E-state index < -0.39 is 20.5 Å². The fourth-order valence-corrected chi connectivity index (χ4v) is 5.93. The van der Waals surface area contributed by atoms with Crippen molar-refractivity contribution in [1.82, 2.24) is 0 Å². The quantitative estimate of drug-likeness (QED) is 0.0905. The van der Waals surface area contributed by atoms with Crippen LogP contribution in [0, 0.1) is 20.5 Å².